The number of piperidine rings is 2. The summed E-state index contributed by atoms with van der Waals surface area (Å²) in [7, 11) is 2.28. The average Bonchev–Trinajstić information content (AvgIpc) is 2.59. The van der Waals surface area contributed by atoms with E-state index in [4.69, 9.17) is 12.2 Å². The molecule has 2 aliphatic heterocycles. The number of nitrogens with zero attached hydrogens (tertiary/aromatic N) is 3. The van der Waals surface area contributed by atoms with Gasteiger partial charge in [0.1, 0.15) is 5.82 Å². The van der Waals surface area contributed by atoms with Crippen molar-refractivity contribution in [3.05, 3.63) is 10.6 Å². The average molecular weight is 252 g/mol. The van der Waals surface area contributed by atoms with Crippen LogP contribution in [0.1, 0.15) is 44.0 Å². The maximum Gasteiger partial charge on any atom is 0.195 e. The molecule has 1 aromatic heterocycles. The highest BCUT2D eigenvalue weighted by Crippen LogP contribution is 2.38. The van der Waals surface area contributed by atoms with E-state index in [1.807, 2.05) is 6.92 Å². The van der Waals surface area contributed by atoms with Gasteiger partial charge < -0.3 is 9.47 Å². The molecule has 17 heavy (non-hydrogen) atoms. The minimum Gasteiger partial charge on any atom is -0.301 e. The molecule has 0 aromatic carbocycles. The maximum absolute atomic E-state index is 5.35. The number of hydrogen-bond donors (Lipinski definition) is 1. The normalized spacial score (nSPS) is 33.9. The van der Waals surface area contributed by atoms with Crippen LogP contribution >= 0.6 is 12.2 Å². The highest BCUT2D eigenvalue weighted by Gasteiger charge is 2.37. The second-order valence-corrected chi connectivity index (χ2v) is 5.86. The molecule has 1 N–H and O–H groups in total. The molecule has 0 aliphatic carbocycles. The van der Waals surface area contributed by atoms with Gasteiger partial charge in [-0.1, -0.05) is 6.42 Å². The minimum absolute atomic E-state index is 0.549. The zero-order valence-corrected chi connectivity index (χ0v) is 11.3. The van der Waals surface area contributed by atoms with Crippen molar-refractivity contribution in [3.63, 3.8) is 0 Å². The molecular weight excluding hydrogens is 232 g/mol. The van der Waals surface area contributed by atoms with Crippen LogP contribution < -0.4 is 0 Å². The van der Waals surface area contributed by atoms with Crippen molar-refractivity contribution >= 4 is 12.2 Å². The molecule has 0 spiro atoms. The van der Waals surface area contributed by atoms with E-state index in [1.165, 1.54) is 32.1 Å². The van der Waals surface area contributed by atoms with Gasteiger partial charge in [0.2, 0.25) is 0 Å². The molecule has 2 aliphatic rings. The molecule has 1 aromatic rings. The fourth-order valence-corrected chi connectivity index (χ4v) is 3.94. The first-order valence-corrected chi connectivity index (χ1v) is 6.93. The minimum atomic E-state index is 0.549. The molecule has 2 bridgehead atoms. The van der Waals surface area contributed by atoms with Gasteiger partial charge in [0.05, 0.1) is 0 Å². The Kier molecular flexibility index (Phi) is 2.83. The van der Waals surface area contributed by atoms with E-state index in [2.05, 4.69) is 26.7 Å². The van der Waals surface area contributed by atoms with E-state index in [1.54, 1.807) is 0 Å². The lowest BCUT2D eigenvalue weighted by Crippen LogP contribution is -2.50. The molecule has 0 amide bonds. The Bertz CT molecular complexity index is 449. The standard InChI is InChI=1S/C12H20N4S/c1-8-13-14-12(17)16(8)11-6-9-4-3-5-10(7-11)15(9)2/h9-11H,3-7H2,1-2H3,(H,14,17). The summed E-state index contributed by atoms with van der Waals surface area (Å²) in [6.45, 7) is 2.04. The molecule has 0 saturated carbocycles. The monoisotopic (exact) mass is 252 g/mol. The number of fused-ring (bicyclic) bond motifs is 2. The van der Waals surface area contributed by atoms with Gasteiger partial charge in [0.25, 0.3) is 0 Å². The number of rotatable bonds is 1. The Hall–Kier alpha value is -0.680. The summed E-state index contributed by atoms with van der Waals surface area (Å²) in [4.78, 5) is 2.58. The van der Waals surface area contributed by atoms with Crippen LogP contribution in [0.4, 0.5) is 0 Å². The molecule has 94 valence electrons. The van der Waals surface area contributed by atoms with Crippen LogP contribution in [0.2, 0.25) is 0 Å². The van der Waals surface area contributed by atoms with Crippen LogP contribution in [0.15, 0.2) is 0 Å². The van der Waals surface area contributed by atoms with Crippen LogP contribution in [0, 0.1) is 11.7 Å². The van der Waals surface area contributed by atoms with Crippen molar-refractivity contribution in [2.45, 2.75) is 57.2 Å². The molecule has 4 nitrogen and oxygen atoms in total. The fraction of sp³-hybridized carbons (Fsp3) is 0.833. The number of nitrogens with one attached hydrogen (secondary N) is 1. The van der Waals surface area contributed by atoms with Gasteiger partial charge in [-0.15, -0.1) is 0 Å². The van der Waals surface area contributed by atoms with Gasteiger partial charge >= 0.3 is 0 Å². The van der Waals surface area contributed by atoms with Crippen LogP contribution in [0.3, 0.4) is 0 Å². The van der Waals surface area contributed by atoms with Crippen LogP contribution in [0.25, 0.3) is 0 Å². The number of aryl methyl sites for hydroxylation is 1. The summed E-state index contributed by atoms with van der Waals surface area (Å²) in [5, 5.41) is 7.15. The Morgan fingerprint density at radius 2 is 1.88 bits per heavy atom. The van der Waals surface area contributed by atoms with Crippen LogP contribution in [-0.4, -0.2) is 38.8 Å². The lowest BCUT2D eigenvalue weighted by atomic mass is 9.82. The Morgan fingerprint density at radius 3 is 2.41 bits per heavy atom. The first-order valence-electron chi connectivity index (χ1n) is 6.52. The number of hydrogen-bond acceptors (Lipinski definition) is 3. The molecule has 5 heteroatoms. The zero-order valence-electron chi connectivity index (χ0n) is 10.5. The zero-order chi connectivity index (χ0) is 12.0. The number of H-pyrrole nitrogens is 1. The predicted octanol–water partition coefficient (Wildman–Crippen LogP) is 2.44. The third-order valence-corrected chi connectivity index (χ3v) is 4.85. The van der Waals surface area contributed by atoms with Gasteiger partial charge in [-0.2, -0.15) is 5.10 Å². The highest BCUT2D eigenvalue weighted by molar-refractivity contribution is 7.71. The first-order chi connectivity index (χ1) is 8.16. The summed E-state index contributed by atoms with van der Waals surface area (Å²) in [6.07, 6.45) is 6.52. The van der Waals surface area contributed by atoms with Crippen molar-refractivity contribution < 1.29 is 0 Å². The van der Waals surface area contributed by atoms with Crippen molar-refractivity contribution in [3.8, 4) is 0 Å². The van der Waals surface area contributed by atoms with Crippen molar-refractivity contribution in [1.82, 2.24) is 19.7 Å². The van der Waals surface area contributed by atoms with Crippen molar-refractivity contribution in [2.24, 2.45) is 0 Å². The molecule has 2 atom stereocenters. The first kappa shape index (κ1) is 11.4. The Morgan fingerprint density at radius 1 is 1.24 bits per heavy atom. The van der Waals surface area contributed by atoms with E-state index < -0.39 is 0 Å². The molecule has 2 saturated heterocycles. The van der Waals surface area contributed by atoms with E-state index in [0.29, 0.717) is 6.04 Å². The third-order valence-electron chi connectivity index (χ3n) is 4.56. The molecule has 3 rings (SSSR count). The number of aromatic nitrogens is 3. The number of aromatic amines is 1. The fourth-order valence-electron chi connectivity index (χ4n) is 3.61. The summed E-state index contributed by atoms with van der Waals surface area (Å²) in [5.74, 6) is 1.03. The quantitative estimate of drug-likeness (QED) is 0.780. The third kappa shape index (κ3) is 1.85. The molecule has 2 fully saturated rings. The van der Waals surface area contributed by atoms with Gasteiger partial charge in [-0.3, -0.25) is 5.10 Å². The Labute approximate surface area is 107 Å². The molecule has 2 unspecified atom stereocenters. The molecule has 0 radical (unpaired) electrons. The molecule has 3 heterocycles. The topological polar surface area (TPSA) is 36.9 Å². The highest BCUT2D eigenvalue weighted by atomic mass is 32.1. The summed E-state index contributed by atoms with van der Waals surface area (Å²) >= 11 is 5.35. The van der Waals surface area contributed by atoms with Gasteiger partial charge in [-0.25, -0.2) is 0 Å². The summed E-state index contributed by atoms with van der Waals surface area (Å²) in [6, 6.07) is 2.03. The van der Waals surface area contributed by atoms with Crippen molar-refractivity contribution in [1.29, 1.82) is 0 Å². The van der Waals surface area contributed by atoms with Gasteiger partial charge in [-0.05, 0) is 51.9 Å². The smallest absolute Gasteiger partial charge is 0.195 e. The SMILES string of the molecule is Cc1n[nH]c(=S)n1C1CC2CCCC(C1)N2C. The van der Waals surface area contributed by atoms with Crippen molar-refractivity contribution in [2.75, 3.05) is 7.05 Å². The van der Waals surface area contributed by atoms with E-state index in [9.17, 15) is 0 Å². The Balaban J connectivity index is 1.89. The van der Waals surface area contributed by atoms with Gasteiger partial charge in [0, 0.05) is 18.1 Å². The lowest BCUT2D eigenvalue weighted by Gasteiger charge is -2.47. The van der Waals surface area contributed by atoms with Gasteiger partial charge in [0.15, 0.2) is 4.77 Å². The van der Waals surface area contributed by atoms with E-state index in [-0.39, 0.29) is 0 Å². The van der Waals surface area contributed by atoms with E-state index in [0.717, 1.165) is 22.7 Å². The molecular formula is C12H20N4S. The lowest BCUT2D eigenvalue weighted by molar-refractivity contribution is 0.0391. The van der Waals surface area contributed by atoms with E-state index >= 15 is 0 Å². The van der Waals surface area contributed by atoms with Crippen LogP contribution in [-0.2, 0) is 0 Å². The van der Waals surface area contributed by atoms with Crippen LogP contribution in [0.5, 0.6) is 0 Å². The maximum atomic E-state index is 5.35. The second-order valence-electron chi connectivity index (χ2n) is 5.48. The second kappa shape index (κ2) is 4.21. The summed E-state index contributed by atoms with van der Waals surface area (Å²) < 4.78 is 3.02. The predicted molar refractivity (Wildman–Crippen MR) is 69.6 cm³/mol. The largest absolute Gasteiger partial charge is 0.301 e. The summed E-state index contributed by atoms with van der Waals surface area (Å²) in [5.41, 5.74) is 0.